The molecule has 5 rings (SSSR count). The van der Waals surface area contributed by atoms with Crippen LogP contribution in [0.1, 0.15) is 17.2 Å². The Morgan fingerprint density at radius 2 is 1.58 bits per heavy atom. The molecule has 0 aliphatic carbocycles. The Labute approximate surface area is 223 Å². The summed E-state index contributed by atoms with van der Waals surface area (Å²) in [6.07, 6.45) is 0. The van der Waals surface area contributed by atoms with Crippen molar-refractivity contribution in [1.82, 2.24) is 0 Å². The Morgan fingerprint density at radius 3 is 2.29 bits per heavy atom. The second kappa shape index (κ2) is 10.2. The molecule has 1 unspecified atom stereocenters. The van der Waals surface area contributed by atoms with E-state index < -0.39 is 23.5 Å². The molecular formula is C28H24ClNO8. The average molecular weight is 538 g/mol. The average Bonchev–Trinajstić information content (AvgIpc) is 3.21. The SMILES string of the molecule is COc1cc(/C(O)=C2\C(=O)C(=O)N(c3ccc4c(c3)OCCO4)C2c2ccccc2OC)c(OC)cc1Cl. The lowest BCUT2D eigenvalue weighted by molar-refractivity contribution is -0.132. The molecule has 9 nitrogen and oxygen atoms in total. The van der Waals surface area contributed by atoms with Crippen molar-refractivity contribution in [2.24, 2.45) is 0 Å². The topological polar surface area (TPSA) is 104 Å². The first-order chi connectivity index (χ1) is 18.4. The first-order valence-electron chi connectivity index (χ1n) is 11.6. The largest absolute Gasteiger partial charge is 0.507 e. The maximum Gasteiger partial charge on any atom is 0.300 e. The second-order valence-electron chi connectivity index (χ2n) is 8.43. The highest BCUT2D eigenvalue weighted by Gasteiger charge is 2.48. The summed E-state index contributed by atoms with van der Waals surface area (Å²) in [4.78, 5) is 28.5. The number of hydrogen-bond acceptors (Lipinski definition) is 8. The minimum Gasteiger partial charge on any atom is -0.507 e. The van der Waals surface area contributed by atoms with Crippen molar-refractivity contribution < 1.29 is 38.4 Å². The number of aliphatic hydroxyl groups is 1. The highest BCUT2D eigenvalue weighted by molar-refractivity contribution is 6.51. The number of Topliss-reactive ketones (excluding diaryl/α,β-unsaturated/α-hetero) is 1. The van der Waals surface area contributed by atoms with Gasteiger partial charge in [-0.3, -0.25) is 14.5 Å². The Bertz CT molecular complexity index is 1470. The van der Waals surface area contributed by atoms with Crippen LogP contribution in [0.2, 0.25) is 5.02 Å². The maximum atomic E-state index is 13.6. The zero-order valence-corrected chi connectivity index (χ0v) is 21.6. The molecule has 196 valence electrons. The fourth-order valence-corrected chi connectivity index (χ4v) is 4.89. The molecule has 2 aliphatic heterocycles. The van der Waals surface area contributed by atoms with Crippen LogP contribution < -0.4 is 28.6 Å². The van der Waals surface area contributed by atoms with E-state index in [2.05, 4.69) is 0 Å². The van der Waals surface area contributed by atoms with Crippen molar-refractivity contribution in [2.75, 3.05) is 39.4 Å². The minimum atomic E-state index is -1.04. The predicted octanol–water partition coefficient (Wildman–Crippen LogP) is 4.76. The van der Waals surface area contributed by atoms with Gasteiger partial charge in [-0.25, -0.2) is 0 Å². The van der Waals surface area contributed by atoms with Crippen LogP contribution in [0.4, 0.5) is 5.69 Å². The van der Waals surface area contributed by atoms with E-state index in [0.717, 1.165) is 0 Å². The number of anilines is 1. The highest BCUT2D eigenvalue weighted by atomic mass is 35.5. The molecule has 0 radical (unpaired) electrons. The van der Waals surface area contributed by atoms with Crippen molar-refractivity contribution in [3.8, 4) is 28.7 Å². The van der Waals surface area contributed by atoms with Gasteiger partial charge in [0.2, 0.25) is 0 Å². The van der Waals surface area contributed by atoms with Crippen LogP contribution in [0.3, 0.4) is 0 Å². The van der Waals surface area contributed by atoms with E-state index in [-0.39, 0.29) is 27.7 Å². The van der Waals surface area contributed by atoms with E-state index in [4.69, 9.17) is 35.3 Å². The maximum absolute atomic E-state index is 13.6. The number of benzene rings is 3. The lowest BCUT2D eigenvalue weighted by Crippen LogP contribution is -2.30. The number of para-hydroxylation sites is 1. The number of nitrogens with zero attached hydrogens (tertiary/aromatic N) is 1. The number of ether oxygens (including phenoxy) is 5. The summed E-state index contributed by atoms with van der Waals surface area (Å²) in [5.74, 6) is -0.327. The minimum absolute atomic E-state index is 0.133. The van der Waals surface area contributed by atoms with Crippen LogP contribution in [0, 0.1) is 0 Å². The standard InChI is InChI=1S/C28H24ClNO8/c1-34-19-7-5-4-6-16(19)25-24(26(31)17-13-22(36-3)18(29)14-21(17)35-2)27(32)28(33)30(25)15-8-9-20-23(12-15)38-11-10-37-20/h4-9,12-14,25,31H,10-11H2,1-3H3/b26-24+. The van der Waals surface area contributed by atoms with E-state index in [0.29, 0.717) is 41.7 Å². The Balaban J connectivity index is 1.76. The van der Waals surface area contributed by atoms with Crippen LogP contribution in [-0.4, -0.2) is 51.3 Å². The molecule has 1 N–H and O–H groups in total. The number of carbonyl (C=O) groups excluding carboxylic acids is 2. The van der Waals surface area contributed by atoms with Gasteiger partial charge in [0.25, 0.3) is 11.7 Å². The number of ketones is 1. The summed E-state index contributed by atoms with van der Waals surface area (Å²) < 4.78 is 27.6. The lowest BCUT2D eigenvalue weighted by atomic mass is 9.94. The van der Waals surface area contributed by atoms with E-state index in [9.17, 15) is 14.7 Å². The number of halogens is 1. The fraction of sp³-hybridized carbons (Fsp3) is 0.214. The summed E-state index contributed by atoms with van der Waals surface area (Å²) in [5.41, 5.74) is 0.850. The van der Waals surface area contributed by atoms with Gasteiger partial charge in [-0.05, 0) is 24.3 Å². The molecule has 0 bridgehead atoms. The molecule has 3 aromatic rings. The van der Waals surface area contributed by atoms with Gasteiger partial charge in [0.1, 0.15) is 36.2 Å². The van der Waals surface area contributed by atoms with Crippen molar-refractivity contribution in [2.45, 2.75) is 6.04 Å². The molecule has 0 saturated carbocycles. The summed E-state index contributed by atoms with van der Waals surface area (Å²) >= 11 is 6.25. The lowest BCUT2D eigenvalue weighted by Gasteiger charge is -2.28. The van der Waals surface area contributed by atoms with Gasteiger partial charge in [-0.15, -0.1) is 0 Å². The zero-order valence-electron chi connectivity index (χ0n) is 20.8. The Hall–Kier alpha value is -4.37. The predicted molar refractivity (Wildman–Crippen MR) is 140 cm³/mol. The van der Waals surface area contributed by atoms with Crippen LogP contribution in [-0.2, 0) is 9.59 Å². The molecule has 2 heterocycles. The van der Waals surface area contributed by atoms with Gasteiger partial charge in [0.15, 0.2) is 11.5 Å². The first-order valence-corrected chi connectivity index (χ1v) is 12.0. The van der Waals surface area contributed by atoms with Gasteiger partial charge in [-0.2, -0.15) is 0 Å². The molecule has 2 aliphatic rings. The summed E-state index contributed by atoms with van der Waals surface area (Å²) in [6.45, 7) is 0.758. The molecule has 0 spiro atoms. The number of aliphatic hydroxyl groups excluding tert-OH is 1. The number of amides is 1. The van der Waals surface area contributed by atoms with E-state index >= 15 is 0 Å². The molecule has 0 aromatic heterocycles. The summed E-state index contributed by atoms with van der Waals surface area (Å²) in [6, 6.07) is 13.8. The number of hydrogen-bond donors (Lipinski definition) is 1. The third-order valence-corrected chi connectivity index (χ3v) is 6.71. The highest BCUT2D eigenvalue weighted by Crippen LogP contribution is 2.48. The monoisotopic (exact) mass is 537 g/mol. The molecule has 10 heteroatoms. The van der Waals surface area contributed by atoms with Crippen LogP contribution in [0.15, 0.2) is 60.2 Å². The molecular weight excluding hydrogens is 514 g/mol. The molecule has 1 saturated heterocycles. The molecule has 1 fully saturated rings. The quantitative estimate of drug-likeness (QED) is 0.273. The van der Waals surface area contributed by atoms with Crippen molar-refractivity contribution in [1.29, 1.82) is 0 Å². The molecule has 1 amide bonds. The van der Waals surface area contributed by atoms with Gasteiger partial charge in [0.05, 0.1) is 43.5 Å². The van der Waals surface area contributed by atoms with Crippen molar-refractivity contribution >= 4 is 34.7 Å². The summed E-state index contributed by atoms with van der Waals surface area (Å²) in [7, 11) is 4.32. The summed E-state index contributed by atoms with van der Waals surface area (Å²) in [5, 5.41) is 11.8. The molecule has 38 heavy (non-hydrogen) atoms. The Kier molecular flexibility index (Phi) is 6.77. The number of fused-ring (bicyclic) bond motifs is 1. The van der Waals surface area contributed by atoms with Crippen molar-refractivity contribution in [3.05, 3.63) is 76.3 Å². The zero-order chi connectivity index (χ0) is 27.0. The van der Waals surface area contributed by atoms with Gasteiger partial charge >= 0.3 is 0 Å². The third kappa shape index (κ3) is 4.14. The van der Waals surface area contributed by atoms with E-state index in [1.807, 2.05) is 0 Å². The molecule has 1 atom stereocenters. The first kappa shape index (κ1) is 25.3. The Morgan fingerprint density at radius 1 is 0.895 bits per heavy atom. The number of methoxy groups -OCH3 is 3. The van der Waals surface area contributed by atoms with Crippen LogP contribution in [0.25, 0.3) is 5.76 Å². The smallest absolute Gasteiger partial charge is 0.300 e. The van der Waals surface area contributed by atoms with Gasteiger partial charge in [0, 0.05) is 23.4 Å². The van der Waals surface area contributed by atoms with Crippen LogP contribution >= 0.6 is 11.6 Å². The normalized spacial score (nSPS) is 17.9. The van der Waals surface area contributed by atoms with Crippen LogP contribution in [0.5, 0.6) is 28.7 Å². The second-order valence-corrected chi connectivity index (χ2v) is 8.83. The number of carbonyl (C=O) groups is 2. The third-order valence-electron chi connectivity index (χ3n) is 6.41. The van der Waals surface area contributed by atoms with Gasteiger partial charge < -0.3 is 28.8 Å². The van der Waals surface area contributed by atoms with Crippen molar-refractivity contribution in [3.63, 3.8) is 0 Å². The number of rotatable bonds is 6. The van der Waals surface area contributed by atoms with E-state index in [1.165, 1.54) is 38.4 Å². The van der Waals surface area contributed by atoms with E-state index in [1.54, 1.807) is 42.5 Å². The fourth-order valence-electron chi connectivity index (χ4n) is 4.66. The van der Waals surface area contributed by atoms with Gasteiger partial charge in [-0.1, -0.05) is 29.8 Å². The molecule has 3 aromatic carbocycles.